The van der Waals surface area contributed by atoms with Gasteiger partial charge in [-0.05, 0) is 54.2 Å². The molecule has 0 radical (unpaired) electrons. The van der Waals surface area contributed by atoms with Crippen LogP contribution in [0, 0.1) is 0 Å². The molecule has 0 aliphatic rings. The average molecular weight is 413 g/mol. The zero-order valence-corrected chi connectivity index (χ0v) is 16.9. The van der Waals surface area contributed by atoms with E-state index in [1.807, 2.05) is 25.1 Å². The lowest BCUT2D eigenvalue weighted by molar-refractivity contribution is -0.137. The Labute approximate surface area is 175 Å². The van der Waals surface area contributed by atoms with Crippen LogP contribution >= 0.6 is 0 Å². The molecule has 3 aromatic rings. The highest BCUT2D eigenvalue weighted by Crippen LogP contribution is 2.30. The van der Waals surface area contributed by atoms with Crippen molar-refractivity contribution in [2.24, 2.45) is 0 Å². The highest BCUT2D eigenvalue weighted by atomic mass is 19.4. The molecule has 0 aliphatic carbocycles. The Morgan fingerprint density at radius 3 is 2.13 bits per heavy atom. The summed E-state index contributed by atoms with van der Waals surface area (Å²) in [5.41, 5.74) is 3.19. The van der Waals surface area contributed by atoms with Crippen molar-refractivity contribution in [1.82, 2.24) is 5.32 Å². The Bertz CT molecular complexity index is 923. The van der Waals surface area contributed by atoms with Crippen LogP contribution in [0.3, 0.4) is 0 Å². The molecule has 3 aromatic carbocycles. The lowest BCUT2D eigenvalue weighted by Crippen LogP contribution is -2.32. The third-order valence-corrected chi connectivity index (χ3v) is 5.07. The van der Waals surface area contributed by atoms with Gasteiger partial charge in [0.15, 0.2) is 0 Å². The highest BCUT2D eigenvalue weighted by Gasteiger charge is 2.30. The van der Waals surface area contributed by atoms with Crippen LogP contribution in [-0.4, -0.2) is 17.7 Å². The maximum absolute atomic E-state index is 12.8. The van der Waals surface area contributed by atoms with Crippen molar-refractivity contribution in [3.8, 4) is 0 Å². The van der Waals surface area contributed by atoms with Crippen LogP contribution < -0.4 is 5.32 Å². The maximum atomic E-state index is 12.8. The summed E-state index contributed by atoms with van der Waals surface area (Å²) < 4.78 is 38.5. The predicted molar refractivity (Wildman–Crippen MR) is 113 cm³/mol. The summed E-state index contributed by atoms with van der Waals surface area (Å²) in [6.07, 6.45) is -3.76. The zero-order valence-electron chi connectivity index (χ0n) is 16.9. The minimum absolute atomic E-state index is 0.0745. The SMILES string of the molecule is CC(Cc1ccc(Cc2ccccc2)cc1)NC[C@H](O)c1cccc(C(F)(F)F)c1. The molecule has 0 heterocycles. The molecule has 0 fully saturated rings. The normalized spacial score (nSPS) is 13.8. The van der Waals surface area contributed by atoms with Gasteiger partial charge in [-0.15, -0.1) is 0 Å². The quantitative estimate of drug-likeness (QED) is 0.507. The molecule has 2 atom stereocenters. The molecule has 0 aromatic heterocycles. The number of benzene rings is 3. The molecule has 0 bridgehead atoms. The standard InChI is InChI=1S/C25H26F3NO/c1-18(29-17-24(30)22-8-5-9-23(16-22)25(26,27)28)14-20-10-12-21(13-11-20)15-19-6-3-2-4-7-19/h2-13,16,18,24,29-30H,14-15,17H2,1H3/t18?,24-/m0/s1. The molecular formula is C25H26F3NO. The van der Waals surface area contributed by atoms with E-state index in [4.69, 9.17) is 0 Å². The van der Waals surface area contributed by atoms with Crippen LogP contribution in [0.2, 0.25) is 0 Å². The number of hydrogen-bond acceptors (Lipinski definition) is 2. The number of hydrogen-bond donors (Lipinski definition) is 2. The largest absolute Gasteiger partial charge is 0.416 e. The second kappa shape index (κ2) is 9.92. The van der Waals surface area contributed by atoms with E-state index in [2.05, 4.69) is 41.7 Å². The van der Waals surface area contributed by atoms with Gasteiger partial charge in [-0.1, -0.05) is 66.7 Å². The molecule has 158 valence electrons. The van der Waals surface area contributed by atoms with E-state index in [0.717, 1.165) is 25.0 Å². The summed E-state index contributed by atoms with van der Waals surface area (Å²) in [5, 5.41) is 13.5. The molecule has 0 aliphatic heterocycles. The van der Waals surface area contributed by atoms with Gasteiger partial charge in [0.1, 0.15) is 0 Å². The van der Waals surface area contributed by atoms with Crippen LogP contribution in [0.25, 0.3) is 0 Å². The summed E-state index contributed by atoms with van der Waals surface area (Å²) in [5.74, 6) is 0. The molecule has 30 heavy (non-hydrogen) atoms. The molecule has 2 nitrogen and oxygen atoms in total. The molecular weight excluding hydrogens is 387 g/mol. The van der Waals surface area contributed by atoms with E-state index < -0.39 is 17.8 Å². The monoisotopic (exact) mass is 413 g/mol. The predicted octanol–water partition coefficient (Wildman–Crippen LogP) is 5.55. The molecule has 0 amide bonds. The van der Waals surface area contributed by atoms with Crippen LogP contribution in [0.15, 0.2) is 78.9 Å². The van der Waals surface area contributed by atoms with Crippen molar-refractivity contribution in [2.75, 3.05) is 6.54 Å². The summed E-state index contributed by atoms with van der Waals surface area (Å²) >= 11 is 0. The van der Waals surface area contributed by atoms with Crippen LogP contribution in [-0.2, 0) is 19.0 Å². The second-order valence-corrected chi connectivity index (χ2v) is 7.63. The smallest absolute Gasteiger partial charge is 0.387 e. The molecule has 1 unspecified atom stereocenters. The van der Waals surface area contributed by atoms with E-state index in [1.54, 1.807) is 0 Å². The van der Waals surface area contributed by atoms with Gasteiger partial charge in [0.05, 0.1) is 11.7 Å². The molecule has 0 spiro atoms. The first-order chi connectivity index (χ1) is 14.3. The Morgan fingerprint density at radius 1 is 0.833 bits per heavy atom. The van der Waals surface area contributed by atoms with E-state index >= 15 is 0 Å². The Hall–Kier alpha value is -2.63. The van der Waals surface area contributed by atoms with Crippen molar-refractivity contribution in [3.63, 3.8) is 0 Å². The van der Waals surface area contributed by atoms with Gasteiger partial charge in [-0.25, -0.2) is 0 Å². The van der Waals surface area contributed by atoms with Gasteiger partial charge < -0.3 is 10.4 Å². The van der Waals surface area contributed by atoms with Gasteiger partial charge in [-0.2, -0.15) is 13.2 Å². The van der Waals surface area contributed by atoms with E-state index in [-0.39, 0.29) is 18.2 Å². The number of alkyl halides is 3. The molecule has 0 saturated carbocycles. The summed E-state index contributed by atoms with van der Waals surface area (Å²) in [6.45, 7) is 2.19. The Morgan fingerprint density at radius 2 is 1.47 bits per heavy atom. The third kappa shape index (κ3) is 6.44. The van der Waals surface area contributed by atoms with E-state index in [0.29, 0.717) is 0 Å². The van der Waals surface area contributed by atoms with E-state index in [1.165, 1.54) is 28.8 Å². The van der Waals surface area contributed by atoms with Crippen molar-refractivity contribution < 1.29 is 18.3 Å². The molecule has 3 rings (SSSR count). The van der Waals surface area contributed by atoms with Gasteiger partial charge in [0.25, 0.3) is 0 Å². The second-order valence-electron chi connectivity index (χ2n) is 7.63. The van der Waals surface area contributed by atoms with Crippen molar-refractivity contribution in [3.05, 3.63) is 107 Å². The minimum Gasteiger partial charge on any atom is -0.387 e. The number of nitrogens with one attached hydrogen (secondary N) is 1. The average Bonchev–Trinajstić information content (AvgIpc) is 2.74. The fraction of sp³-hybridized carbons (Fsp3) is 0.280. The number of rotatable bonds is 8. The minimum atomic E-state index is -4.41. The van der Waals surface area contributed by atoms with Gasteiger partial charge >= 0.3 is 6.18 Å². The highest BCUT2D eigenvalue weighted by molar-refractivity contribution is 5.29. The van der Waals surface area contributed by atoms with Crippen LogP contribution in [0.1, 0.15) is 40.8 Å². The lowest BCUT2D eigenvalue weighted by Gasteiger charge is -2.18. The van der Waals surface area contributed by atoms with Crippen LogP contribution in [0.4, 0.5) is 13.2 Å². The Kier molecular flexibility index (Phi) is 7.29. The number of halogens is 3. The fourth-order valence-electron chi connectivity index (χ4n) is 3.40. The first-order valence-corrected chi connectivity index (χ1v) is 10.0. The van der Waals surface area contributed by atoms with Gasteiger partial charge in [-0.3, -0.25) is 0 Å². The zero-order chi connectivity index (χ0) is 21.6. The first kappa shape index (κ1) is 22.1. The first-order valence-electron chi connectivity index (χ1n) is 10.0. The number of aliphatic hydroxyl groups excluding tert-OH is 1. The van der Waals surface area contributed by atoms with Crippen molar-refractivity contribution >= 4 is 0 Å². The van der Waals surface area contributed by atoms with Crippen LogP contribution in [0.5, 0.6) is 0 Å². The van der Waals surface area contributed by atoms with Crippen molar-refractivity contribution in [2.45, 2.75) is 38.1 Å². The van der Waals surface area contributed by atoms with Crippen molar-refractivity contribution in [1.29, 1.82) is 0 Å². The summed E-state index contributed by atoms with van der Waals surface area (Å²) in [6, 6.07) is 23.6. The maximum Gasteiger partial charge on any atom is 0.416 e. The summed E-state index contributed by atoms with van der Waals surface area (Å²) in [4.78, 5) is 0. The molecule has 2 N–H and O–H groups in total. The molecule has 0 saturated heterocycles. The van der Waals surface area contributed by atoms with Gasteiger partial charge in [0.2, 0.25) is 0 Å². The topological polar surface area (TPSA) is 32.3 Å². The fourth-order valence-corrected chi connectivity index (χ4v) is 3.40. The Balaban J connectivity index is 1.50. The number of aliphatic hydroxyl groups is 1. The molecule has 5 heteroatoms. The third-order valence-electron chi connectivity index (χ3n) is 5.07. The van der Waals surface area contributed by atoms with E-state index in [9.17, 15) is 18.3 Å². The summed E-state index contributed by atoms with van der Waals surface area (Å²) in [7, 11) is 0. The lowest BCUT2D eigenvalue weighted by atomic mass is 10.0. The van der Waals surface area contributed by atoms with Gasteiger partial charge in [0, 0.05) is 12.6 Å².